The smallest absolute Gasteiger partial charge is 0.307 e. The van der Waals surface area contributed by atoms with Gasteiger partial charge in [-0.3, -0.25) is 4.79 Å². The van der Waals surface area contributed by atoms with Gasteiger partial charge in [0.05, 0.1) is 5.92 Å². The predicted octanol–water partition coefficient (Wildman–Crippen LogP) is 4.31. The zero-order chi connectivity index (χ0) is 14.7. The molecule has 2 heteroatoms. The van der Waals surface area contributed by atoms with Crippen LogP contribution in [-0.2, 0) is 11.2 Å². The first-order valence-electron chi connectivity index (χ1n) is 7.76. The van der Waals surface area contributed by atoms with E-state index in [1.807, 2.05) is 12.1 Å². The largest absolute Gasteiger partial charge is 0.481 e. The van der Waals surface area contributed by atoms with Gasteiger partial charge in [0.2, 0.25) is 0 Å². The molecule has 1 N–H and O–H groups in total. The normalized spacial score (nSPS) is 28.1. The molecule has 1 fully saturated rings. The van der Waals surface area contributed by atoms with Gasteiger partial charge >= 0.3 is 5.97 Å². The molecule has 0 bridgehead atoms. The Morgan fingerprint density at radius 1 is 1.25 bits per heavy atom. The SMILES string of the molecule is Cc1ccccc1CC(C(=O)O)C1CCC(C)C(C)C1. The van der Waals surface area contributed by atoms with Gasteiger partial charge in [-0.15, -0.1) is 0 Å². The molecule has 0 spiro atoms. The van der Waals surface area contributed by atoms with E-state index in [9.17, 15) is 9.90 Å². The summed E-state index contributed by atoms with van der Waals surface area (Å²) in [5.74, 6) is 0.857. The minimum absolute atomic E-state index is 0.231. The van der Waals surface area contributed by atoms with Crippen molar-refractivity contribution in [1.82, 2.24) is 0 Å². The van der Waals surface area contributed by atoms with Gasteiger partial charge in [0.25, 0.3) is 0 Å². The van der Waals surface area contributed by atoms with Crippen LogP contribution in [-0.4, -0.2) is 11.1 Å². The summed E-state index contributed by atoms with van der Waals surface area (Å²) in [4.78, 5) is 11.7. The second kappa shape index (κ2) is 6.43. The summed E-state index contributed by atoms with van der Waals surface area (Å²) in [7, 11) is 0. The van der Waals surface area contributed by atoms with Gasteiger partial charge in [-0.05, 0) is 55.1 Å². The van der Waals surface area contributed by atoms with E-state index in [1.54, 1.807) is 0 Å². The van der Waals surface area contributed by atoms with Crippen molar-refractivity contribution >= 4 is 5.97 Å². The van der Waals surface area contributed by atoms with E-state index in [0.717, 1.165) is 18.8 Å². The maximum atomic E-state index is 11.7. The molecule has 0 saturated heterocycles. The van der Waals surface area contributed by atoms with Crippen LogP contribution < -0.4 is 0 Å². The molecule has 0 aromatic heterocycles. The first-order chi connectivity index (χ1) is 9.49. The summed E-state index contributed by atoms with van der Waals surface area (Å²) in [5, 5.41) is 9.63. The third-order valence-corrected chi connectivity index (χ3v) is 5.23. The average molecular weight is 274 g/mol. The molecular formula is C18H26O2. The Labute approximate surface area is 122 Å². The van der Waals surface area contributed by atoms with Gasteiger partial charge in [0.15, 0.2) is 0 Å². The van der Waals surface area contributed by atoms with Crippen molar-refractivity contribution in [3.63, 3.8) is 0 Å². The van der Waals surface area contributed by atoms with Gasteiger partial charge in [0.1, 0.15) is 0 Å². The third-order valence-electron chi connectivity index (χ3n) is 5.23. The highest BCUT2D eigenvalue weighted by molar-refractivity contribution is 5.71. The minimum atomic E-state index is -0.625. The molecule has 1 aromatic rings. The lowest BCUT2D eigenvalue weighted by Crippen LogP contribution is -2.32. The van der Waals surface area contributed by atoms with Crippen molar-refractivity contribution in [2.45, 2.75) is 46.5 Å². The molecule has 4 unspecified atom stereocenters. The maximum Gasteiger partial charge on any atom is 0.307 e. The van der Waals surface area contributed by atoms with Gasteiger partial charge in [-0.2, -0.15) is 0 Å². The van der Waals surface area contributed by atoms with E-state index in [0.29, 0.717) is 18.3 Å². The minimum Gasteiger partial charge on any atom is -0.481 e. The van der Waals surface area contributed by atoms with Crippen LogP contribution in [0.3, 0.4) is 0 Å². The van der Waals surface area contributed by atoms with Crippen molar-refractivity contribution < 1.29 is 9.90 Å². The summed E-state index contributed by atoms with van der Waals surface area (Å²) < 4.78 is 0. The number of hydrogen-bond donors (Lipinski definition) is 1. The molecule has 0 radical (unpaired) electrons. The number of rotatable bonds is 4. The standard InChI is InChI=1S/C18H26O2/c1-12-8-9-16(10-14(12)3)17(18(19)20)11-15-7-5-4-6-13(15)2/h4-7,12,14,16-17H,8-11H2,1-3H3,(H,19,20). The summed E-state index contributed by atoms with van der Waals surface area (Å²) >= 11 is 0. The highest BCUT2D eigenvalue weighted by atomic mass is 16.4. The van der Waals surface area contributed by atoms with Crippen molar-refractivity contribution in [2.75, 3.05) is 0 Å². The van der Waals surface area contributed by atoms with Crippen LogP contribution in [0.15, 0.2) is 24.3 Å². The lowest BCUT2D eigenvalue weighted by Gasteiger charge is -2.35. The quantitative estimate of drug-likeness (QED) is 0.888. The zero-order valence-corrected chi connectivity index (χ0v) is 12.8. The number of carboxylic acid groups (broad SMARTS) is 1. The van der Waals surface area contributed by atoms with Crippen LogP contribution in [0.2, 0.25) is 0 Å². The van der Waals surface area contributed by atoms with Gasteiger partial charge in [-0.25, -0.2) is 0 Å². The van der Waals surface area contributed by atoms with E-state index < -0.39 is 5.97 Å². The number of carbonyl (C=O) groups is 1. The lowest BCUT2D eigenvalue weighted by molar-refractivity contribution is -0.144. The van der Waals surface area contributed by atoms with E-state index in [-0.39, 0.29) is 5.92 Å². The first-order valence-corrected chi connectivity index (χ1v) is 7.76. The molecule has 0 amide bonds. The monoisotopic (exact) mass is 274 g/mol. The average Bonchev–Trinajstić information content (AvgIpc) is 2.41. The lowest BCUT2D eigenvalue weighted by atomic mass is 9.70. The molecule has 1 saturated carbocycles. The Balaban J connectivity index is 2.12. The number of hydrogen-bond acceptors (Lipinski definition) is 1. The summed E-state index contributed by atoms with van der Waals surface area (Å²) in [5.41, 5.74) is 2.39. The topological polar surface area (TPSA) is 37.3 Å². The number of carboxylic acids is 1. The van der Waals surface area contributed by atoms with Gasteiger partial charge in [-0.1, -0.05) is 44.5 Å². The molecule has 1 aliphatic rings. The molecule has 110 valence electrons. The molecule has 4 atom stereocenters. The number of aliphatic carboxylic acids is 1. The fourth-order valence-corrected chi connectivity index (χ4v) is 3.49. The number of benzene rings is 1. The molecule has 1 aromatic carbocycles. The van der Waals surface area contributed by atoms with E-state index in [1.165, 1.54) is 17.5 Å². The van der Waals surface area contributed by atoms with Crippen LogP contribution in [0.4, 0.5) is 0 Å². The van der Waals surface area contributed by atoms with Crippen molar-refractivity contribution in [3.8, 4) is 0 Å². The Morgan fingerprint density at radius 2 is 1.95 bits per heavy atom. The van der Waals surface area contributed by atoms with Gasteiger partial charge < -0.3 is 5.11 Å². The Kier molecular flexibility index (Phi) is 4.85. The van der Waals surface area contributed by atoms with Crippen LogP contribution in [0.5, 0.6) is 0 Å². The first kappa shape index (κ1) is 15.1. The van der Waals surface area contributed by atoms with Crippen LogP contribution in [0.1, 0.15) is 44.2 Å². The molecule has 2 rings (SSSR count). The fourth-order valence-electron chi connectivity index (χ4n) is 3.49. The molecule has 0 aliphatic heterocycles. The van der Waals surface area contributed by atoms with Crippen molar-refractivity contribution in [2.24, 2.45) is 23.7 Å². The predicted molar refractivity (Wildman–Crippen MR) is 81.7 cm³/mol. The van der Waals surface area contributed by atoms with Crippen LogP contribution >= 0.6 is 0 Å². The molecule has 2 nitrogen and oxygen atoms in total. The summed E-state index contributed by atoms with van der Waals surface area (Å²) in [6.07, 6.45) is 3.97. The fraction of sp³-hybridized carbons (Fsp3) is 0.611. The Hall–Kier alpha value is -1.31. The van der Waals surface area contributed by atoms with Crippen molar-refractivity contribution in [1.29, 1.82) is 0 Å². The van der Waals surface area contributed by atoms with E-state index in [2.05, 4.69) is 32.9 Å². The molecular weight excluding hydrogens is 248 g/mol. The van der Waals surface area contributed by atoms with Crippen molar-refractivity contribution in [3.05, 3.63) is 35.4 Å². The second-order valence-corrected chi connectivity index (χ2v) is 6.60. The highest BCUT2D eigenvalue weighted by Gasteiger charge is 2.34. The van der Waals surface area contributed by atoms with E-state index >= 15 is 0 Å². The van der Waals surface area contributed by atoms with Crippen LogP contribution in [0.25, 0.3) is 0 Å². The zero-order valence-electron chi connectivity index (χ0n) is 12.8. The number of aryl methyl sites for hydroxylation is 1. The highest BCUT2D eigenvalue weighted by Crippen LogP contribution is 2.38. The Morgan fingerprint density at radius 3 is 2.55 bits per heavy atom. The van der Waals surface area contributed by atoms with E-state index in [4.69, 9.17) is 0 Å². The molecule has 20 heavy (non-hydrogen) atoms. The summed E-state index contributed by atoms with van der Waals surface area (Å²) in [6.45, 7) is 6.63. The summed E-state index contributed by atoms with van der Waals surface area (Å²) in [6, 6.07) is 8.16. The Bertz CT molecular complexity index is 466. The third kappa shape index (κ3) is 3.41. The van der Waals surface area contributed by atoms with Crippen LogP contribution in [0, 0.1) is 30.6 Å². The van der Waals surface area contributed by atoms with Gasteiger partial charge in [0, 0.05) is 0 Å². The molecule has 1 aliphatic carbocycles. The maximum absolute atomic E-state index is 11.7. The molecule has 0 heterocycles. The second-order valence-electron chi connectivity index (χ2n) is 6.60.